The van der Waals surface area contributed by atoms with Crippen LogP contribution in [0.5, 0.6) is 5.75 Å². The minimum atomic E-state index is -1.25. The SMILES string of the molecule is COc1ccc(C(=O)Nc2ccc(C(=O)[O-])cc2)cc1.[Li+]. The molecule has 5 nitrogen and oxygen atoms in total. The Kier molecular flexibility index (Phi) is 6.04. The van der Waals surface area contributed by atoms with Crippen LogP contribution in [0, 0.1) is 0 Å². The van der Waals surface area contributed by atoms with Crippen molar-refractivity contribution in [3.63, 3.8) is 0 Å². The Labute approximate surface area is 134 Å². The number of benzene rings is 2. The first-order chi connectivity index (χ1) is 9.60. The molecule has 0 unspecified atom stereocenters. The molecule has 0 spiro atoms. The molecule has 0 heterocycles. The smallest absolute Gasteiger partial charge is 0.545 e. The van der Waals surface area contributed by atoms with Gasteiger partial charge in [0.2, 0.25) is 0 Å². The maximum absolute atomic E-state index is 12.0. The van der Waals surface area contributed by atoms with Crippen molar-refractivity contribution in [3.05, 3.63) is 59.7 Å². The third-order valence-corrected chi connectivity index (χ3v) is 2.73. The van der Waals surface area contributed by atoms with Gasteiger partial charge in [0, 0.05) is 11.3 Å². The second kappa shape index (κ2) is 7.53. The summed E-state index contributed by atoms with van der Waals surface area (Å²) in [5.41, 5.74) is 1.05. The zero-order valence-corrected chi connectivity index (χ0v) is 11.8. The fourth-order valence-electron chi connectivity index (χ4n) is 1.64. The summed E-state index contributed by atoms with van der Waals surface area (Å²) >= 11 is 0. The molecule has 0 aromatic heterocycles. The van der Waals surface area contributed by atoms with Crippen molar-refractivity contribution < 1.29 is 38.3 Å². The summed E-state index contributed by atoms with van der Waals surface area (Å²) in [6, 6.07) is 12.4. The fraction of sp³-hybridized carbons (Fsp3) is 0.0667. The van der Waals surface area contributed by atoms with Crippen LogP contribution in [0.15, 0.2) is 48.5 Å². The number of rotatable bonds is 4. The molecular weight excluding hydrogens is 265 g/mol. The van der Waals surface area contributed by atoms with E-state index in [0.29, 0.717) is 17.0 Å². The van der Waals surface area contributed by atoms with E-state index in [-0.39, 0.29) is 30.3 Å². The summed E-state index contributed by atoms with van der Waals surface area (Å²) in [5.74, 6) is -0.869. The average Bonchev–Trinajstić information content (AvgIpc) is 2.48. The average molecular weight is 277 g/mol. The van der Waals surface area contributed by atoms with E-state index in [1.165, 1.54) is 24.3 Å². The molecule has 0 aliphatic heterocycles. The first kappa shape index (κ1) is 16.8. The van der Waals surface area contributed by atoms with Gasteiger partial charge in [-0.2, -0.15) is 0 Å². The van der Waals surface area contributed by atoms with E-state index in [2.05, 4.69) is 5.32 Å². The van der Waals surface area contributed by atoms with Crippen LogP contribution >= 0.6 is 0 Å². The Balaban J connectivity index is 0.00000220. The predicted molar refractivity (Wildman–Crippen MR) is 71.7 cm³/mol. The number of anilines is 1. The number of nitrogens with one attached hydrogen (secondary N) is 1. The molecule has 0 saturated heterocycles. The van der Waals surface area contributed by atoms with Crippen molar-refractivity contribution in [3.8, 4) is 5.75 Å². The molecule has 0 atom stereocenters. The fourth-order valence-corrected chi connectivity index (χ4v) is 1.64. The second-order valence-corrected chi connectivity index (χ2v) is 4.05. The maximum atomic E-state index is 12.0. The summed E-state index contributed by atoms with van der Waals surface area (Å²) in [6.45, 7) is 0. The monoisotopic (exact) mass is 277 g/mol. The molecule has 0 aliphatic rings. The molecule has 1 amide bonds. The molecule has 0 bridgehead atoms. The number of carbonyl (C=O) groups is 2. The number of methoxy groups -OCH3 is 1. The minimum absolute atomic E-state index is 0. The number of hydrogen-bond acceptors (Lipinski definition) is 4. The Morgan fingerprint density at radius 1 is 0.952 bits per heavy atom. The van der Waals surface area contributed by atoms with E-state index >= 15 is 0 Å². The Hall–Kier alpha value is -2.22. The molecule has 2 rings (SSSR count). The maximum Gasteiger partial charge on any atom is 1.00 e. The molecule has 21 heavy (non-hydrogen) atoms. The molecule has 0 saturated carbocycles. The number of hydrogen-bond donors (Lipinski definition) is 1. The van der Waals surface area contributed by atoms with Gasteiger partial charge < -0.3 is 20.0 Å². The molecule has 2 aromatic carbocycles. The Morgan fingerprint density at radius 3 is 1.95 bits per heavy atom. The largest absolute Gasteiger partial charge is 1.00 e. The van der Waals surface area contributed by atoms with Crippen LogP contribution in [0.3, 0.4) is 0 Å². The number of carboxylic acids is 1. The van der Waals surface area contributed by atoms with Gasteiger partial charge in [0.1, 0.15) is 5.75 Å². The standard InChI is InChI=1S/C15H13NO4.Li/c1-20-13-8-4-10(5-9-13)14(17)16-12-6-2-11(3-7-12)15(18)19;/h2-9H,1H3,(H,16,17)(H,18,19);/q;+1/p-1. The molecule has 2 aromatic rings. The van der Waals surface area contributed by atoms with E-state index in [9.17, 15) is 14.7 Å². The summed E-state index contributed by atoms with van der Waals surface area (Å²) in [6.07, 6.45) is 0. The molecule has 0 fully saturated rings. The van der Waals surface area contributed by atoms with Gasteiger partial charge in [-0.15, -0.1) is 0 Å². The van der Waals surface area contributed by atoms with E-state index < -0.39 is 5.97 Å². The van der Waals surface area contributed by atoms with Crippen molar-refractivity contribution in [1.82, 2.24) is 0 Å². The van der Waals surface area contributed by atoms with Crippen LogP contribution < -0.4 is 34.0 Å². The topological polar surface area (TPSA) is 78.5 Å². The minimum Gasteiger partial charge on any atom is -0.545 e. The summed E-state index contributed by atoms with van der Waals surface area (Å²) in [5, 5.41) is 13.3. The van der Waals surface area contributed by atoms with Gasteiger partial charge in [-0.25, -0.2) is 0 Å². The number of amides is 1. The van der Waals surface area contributed by atoms with Gasteiger partial charge in [0.15, 0.2) is 0 Å². The third kappa shape index (κ3) is 4.38. The zero-order chi connectivity index (χ0) is 14.5. The van der Waals surface area contributed by atoms with Gasteiger partial charge in [-0.1, -0.05) is 12.1 Å². The molecular formula is C15H12LiNO4. The number of aromatic carboxylic acids is 1. The van der Waals surface area contributed by atoms with Crippen LogP contribution in [-0.4, -0.2) is 19.0 Å². The van der Waals surface area contributed by atoms with Crippen molar-refractivity contribution >= 4 is 17.6 Å². The zero-order valence-electron chi connectivity index (χ0n) is 11.8. The summed E-state index contributed by atoms with van der Waals surface area (Å²) in [4.78, 5) is 22.6. The number of carbonyl (C=O) groups excluding carboxylic acids is 2. The van der Waals surface area contributed by atoms with E-state index in [1.807, 2.05) is 0 Å². The van der Waals surface area contributed by atoms with Gasteiger partial charge in [0.05, 0.1) is 13.1 Å². The normalized spacial score (nSPS) is 9.38. The molecule has 0 radical (unpaired) electrons. The van der Waals surface area contributed by atoms with Gasteiger partial charge in [-0.3, -0.25) is 4.79 Å². The van der Waals surface area contributed by atoms with E-state index in [4.69, 9.17) is 4.74 Å². The van der Waals surface area contributed by atoms with Gasteiger partial charge in [-0.05, 0) is 42.0 Å². The van der Waals surface area contributed by atoms with Crippen molar-refractivity contribution in [2.24, 2.45) is 0 Å². The molecule has 1 N–H and O–H groups in total. The van der Waals surface area contributed by atoms with E-state index in [1.54, 1.807) is 31.4 Å². The van der Waals surface area contributed by atoms with Crippen molar-refractivity contribution in [1.29, 1.82) is 0 Å². The summed E-state index contributed by atoms with van der Waals surface area (Å²) < 4.78 is 5.01. The van der Waals surface area contributed by atoms with Crippen LogP contribution in [0.25, 0.3) is 0 Å². The second-order valence-electron chi connectivity index (χ2n) is 4.05. The van der Waals surface area contributed by atoms with Gasteiger partial charge in [0.25, 0.3) is 5.91 Å². The predicted octanol–water partition coefficient (Wildman–Crippen LogP) is -1.68. The van der Waals surface area contributed by atoms with Crippen LogP contribution in [0.4, 0.5) is 5.69 Å². The van der Waals surface area contributed by atoms with Crippen LogP contribution in [0.2, 0.25) is 0 Å². The van der Waals surface area contributed by atoms with Crippen LogP contribution in [0.1, 0.15) is 20.7 Å². The Morgan fingerprint density at radius 2 is 1.48 bits per heavy atom. The van der Waals surface area contributed by atoms with Crippen LogP contribution in [-0.2, 0) is 0 Å². The van der Waals surface area contributed by atoms with E-state index in [0.717, 1.165) is 0 Å². The first-order valence-corrected chi connectivity index (χ1v) is 5.87. The Bertz CT molecular complexity index is 623. The molecule has 0 aliphatic carbocycles. The van der Waals surface area contributed by atoms with Crippen molar-refractivity contribution in [2.45, 2.75) is 0 Å². The quantitative estimate of drug-likeness (QED) is 0.677. The molecule has 102 valence electrons. The third-order valence-electron chi connectivity index (χ3n) is 2.73. The summed E-state index contributed by atoms with van der Waals surface area (Å²) in [7, 11) is 1.55. The first-order valence-electron chi connectivity index (χ1n) is 5.87. The number of ether oxygens (including phenoxy) is 1. The van der Waals surface area contributed by atoms with Gasteiger partial charge >= 0.3 is 18.9 Å². The molecule has 6 heteroatoms. The number of carboxylic acid groups (broad SMARTS) is 1. The van der Waals surface area contributed by atoms with Crippen molar-refractivity contribution in [2.75, 3.05) is 12.4 Å².